The number of hydrogen-bond donors (Lipinski definition) is 1. The van der Waals surface area contributed by atoms with Gasteiger partial charge in [0.05, 0.1) is 18.2 Å². The number of Topliss-reactive ketones (excluding diaryl/α,β-unsaturated/α-hetero) is 1. The van der Waals surface area contributed by atoms with Crippen molar-refractivity contribution >= 4 is 32.7 Å². The van der Waals surface area contributed by atoms with Crippen molar-refractivity contribution < 1.29 is 27.6 Å². The number of fused-ring (bicyclic) bond motifs is 1. The number of carbonyl (C=O) groups is 4. The summed E-state index contributed by atoms with van der Waals surface area (Å²) in [4.78, 5) is 59.0. The zero-order chi connectivity index (χ0) is 29.6. The quantitative estimate of drug-likeness (QED) is 0.575. The second-order valence-corrected chi connectivity index (χ2v) is 14.1. The highest BCUT2D eigenvalue weighted by molar-refractivity contribution is 8.04. The summed E-state index contributed by atoms with van der Waals surface area (Å²) in [5, 5.41) is 1.90. The lowest BCUT2D eigenvalue weighted by atomic mass is 9.80. The number of hydrogen-bond acceptors (Lipinski definition) is 7. The fraction of sp³-hybridized carbons (Fsp3) is 0.500. The molecule has 1 saturated carbocycles. The molecule has 2 amide bonds. The van der Waals surface area contributed by atoms with Gasteiger partial charge in [0.2, 0.25) is 5.91 Å². The molecule has 1 N–H and O–H groups in total. The number of carbonyl (C=O) groups excluding carboxylic acids is 4. The summed E-state index contributed by atoms with van der Waals surface area (Å²) in [6, 6.07) is 8.32. The fourth-order valence-corrected chi connectivity index (χ4v) is 7.80. The van der Waals surface area contributed by atoms with Gasteiger partial charge >= 0.3 is 0 Å². The molecule has 10 nitrogen and oxygen atoms in total. The summed E-state index contributed by atoms with van der Waals surface area (Å²) in [7, 11) is -4.51. The summed E-state index contributed by atoms with van der Waals surface area (Å²) >= 11 is 0. The van der Waals surface area contributed by atoms with E-state index in [1.54, 1.807) is 12.1 Å². The van der Waals surface area contributed by atoms with E-state index >= 15 is 0 Å². The predicted octanol–water partition coefficient (Wildman–Crippen LogP) is 2.84. The molecule has 0 bridgehead atoms. The van der Waals surface area contributed by atoms with Gasteiger partial charge in [-0.05, 0) is 54.5 Å². The second-order valence-electron chi connectivity index (χ2n) is 12.3. The van der Waals surface area contributed by atoms with Crippen molar-refractivity contribution in [2.45, 2.75) is 82.3 Å². The van der Waals surface area contributed by atoms with Gasteiger partial charge < -0.3 is 10.2 Å². The van der Waals surface area contributed by atoms with Gasteiger partial charge in [-0.25, -0.2) is 8.42 Å². The van der Waals surface area contributed by atoms with Crippen molar-refractivity contribution in [3.05, 3.63) is 65.5 Å². The normalized spacial score (nSPS) is 22.8. The Morgan fingerprint density at radius 1 is 1.00 bits per heavy atom. The zero-order valence-corrected chi connectivity index (χ0v) is 24.4. The monoisotopic (exact) mass is 580 g/mol. The molecule has 1 aromatic carbocycles. The molecule has 3 heterocycles. The number of nitrogens with zero attached hydrogens (tertiary/aromatic N) is 3. The van der Waals surface area contributed by atoms with Crippen molar-refractivity contribution in [3.63, 3.8) is 0 Å². The number of amides is 2. The standard InChI is InChI=1S/C30H36N4O6S/c1-29(2,3)22-11-9-20(10-12-22)26(36)32-30(14-5-4-6-15-30)28(38)33-17-13-23-25(33)24(35)19-34(23)41(39,40)27(37)21-8-7-16-31-18-21/h7-12,16,18,23,25H,4-6,13-15,17,19H2,1-3H3,(H,32,36). The summed E-state index contributed by atoms with van der Waals surface area (Å²) in [6.07, 6.45) is 6.10. The van der Waals surface area contributed by atoms with Gasteiger partial charge in [0, 0.05) is 24.5 Å². The second kappa shape index (κ2) is 10.8. The average Bonchev–Trinajstić information content (AvgIpc) is 3.54. The van der Waals surface area contributed by atoms with Crippen molar-refractivity contribution in [2.75, 3.05) is 13.1 Å². The van der Waals surface area contributed by atoms with Crippen LogP contribution in [0.3, 0.4) is 0 Å². The first-order chi connectivity index (χ1) is 19.3. The molecular weight excluding hydrogens is 544 g/mol. The number of nitrogens with one attached hydrogen (secondary N) is 1. The van der Waals surface area contributed by atoms with Crippen LogP contribution in [0.2, 0.25) is 0 Å². The smallest absolute Gasteiger partial charge is 0.293 e. The van der Waals surface area contributed by atoms with E-state index in [-0.39, 0.29) is 35.8 Å². The largest absolute Gasteiger partial charge is 0.338 e. The van der Waals surface area contributed by atoms with Gasteiger partial charge in [-0.2, -0.15) is 4.31 Å². The van der Waals surface area contributed by atoms with E-state index in [9.17, 15) is 27.6 Å². The fourth-order valence-electron chi connectivity index (χ4n) is 6.29. The topological polar surface area (TPSA) is 134 Å². The molecule has 1 aromatic heterocycles. The molecule has 218 valence electrons. The first-order valence-electron chi connectivity index (χ1n) is 14.1. The SMILES string of the molecule is CC(C)(C)c1ccc(C(=O)NC2(C(=O)N3CCC4C3C(=O)CN4S(=O)(=O)C(=O)c3cccnc3)CCCCC2)cc1. The molecule has 41 heavy (non-hydrogen) atoms. The van der Waals surface area contributed by atoms with Crippen LogP contribution in [0, 0.1) is 0 Å². The molecule has 2 saturated heterocycles. The van der Waals surface area contributed by atoms with Gasteiger partial charge in [0.15, 0.2) is 5.78 Å². The minimum absolute atomic E-state index is 0.0698. The molecule has 5 rings (SSSR count). The van der Waals surface area contributed by atoms with E-state index in [1.807, 2.05) is 12.1 Å². The van der Waals surface area contributed by atoms with E-state index in [1.165, 1.54) is 29.4 Å². The Kier molecular flexibility index (Phi) is 7.63. The van der Waals surface area contributed by atoms with E-state index in [0.29, 0.717) is 18.4 Å². The lowest BCUT2D eigenvalue weighted by Gasteiger charge is -2.40. The third-order valence-corrected chi connectivity index (χ3v) is 10.3. The van der Waals surface area contributed by atoms with Crippen LogP contribution in [0.5, 0.6) is 0 Å². The Balaban J connectivity index is 1.37. The van der Waals surface area contributed by atoms with Gasteiger partial charge in [0.1, 0.15) is 11.6 Å². The number of benzene rings is 1. The molecule has 1 aliphatic carbocycles. The van der Waals surface area contributed by atoms with Crippen LogP contribution in [0.1, 0.15) is 85.6 Å². The minimum atomic E-state index is -4.51. The molecule has 2 unspecified atom stereocenters. The van der Waals surface area contributed by atoms with Crippen LogP contribution < -0.4 is 5.32 Å². The van der Waals surface area contributed by atoms with Gasteiger partial charge in [-0.3, -0.25) is 24.2 Å². The highest BCUT2D eigenvalue weighted by Crippen LogP contribution is 2.37. The highest BCUT2D eigenvalue weighted by Gasteiger charge is 2.57. The first-order valence-corrected chi connectivity index (χ1v) is 15.5. The van der Waals surface area contributed by atoms with Gasteiger partial charge in [-0.1, -0.05) is 52.2 Å². The molecule has 2 aromatic rings. The number of likely N-dealkylation sites (tertiary alicyclic amines) is 1. The maximum Gasteiger partial charge on any atom is 0.293 e. The minimum Gasteiger partial charge on any atom is -0.338 e. The van der Waals surface area contributed by atoms with Crippen molar-refractivity contribution in [3.8, 4) is 0 Å². The molecule has 3 aliphatic rings. The lowest BCUT2D eigenvalue weighted by molar-refractivity contribution is -0.143. The van der Waals surface area contributed by atoms with Crippen LogP contribution in [-0.4, -0.2) is 76.0 Å². The van der Waals surface area contributed by atoms with E-state index < -0.39 is 45.1 Å². The Labute approximate surface area is 240 Å². The van der Waals surface area contributed by atoms with Crippen molar-refractivity contribution in [2.24, 2.45) is 0 Å². The van der Waals surface area contributed by atoms with Crippen molar-refractivity contribution in [1.82, 2.24) is 19.5 Å². The van der Waals surface area contributed by atoms with Crippen LogP contribution in [-0.2, 0) is 25.0 Å². The third-order valence-electron chi connectivity index (χ3n) is 8.56. The van der Waals surface area contributed by atoms with Crippen LogP contribution in [0.25, 0.3) is 0 Å². The van der Waals surface area contributed by atoms with Crippen molar-refractivity contribution in [1.29, 1.82) is 0 Å². The Morgan fingerprint density at radius 3 is 2.29 bits per heavy atom. The maximum absolute atomic E-state index is 14.2. The number of rotatable bonds is 5. The Hall–Kier alpha value is -3.44. The zero-order valence-electron chi connectivity index (χ0n) is 23.6. The Morgan fingerprint density at radius 2 is 1.68 bits per heavy atom. The third kappa shape index (κ3) is 5.32. The molecule has 11 heteroatoms. The van der Waals surface area contributed by atoms with E-state index in [2.05, 4.69) is 31.1 Å². The number of ketones is 1. The predicted molar refractivity (Wildman–Crippen MR) is 152 cm³/mol. The molecule has 3 fully saturated rings. The van der Waals surface area contributed by atoms with Crippen LogP contribution >= 0.6 is 0 Å². The highest BCUT2D eigenvalue weighted by atomic mass is 32.2. The first kappa shape index (κ1) is 29.1. The molecule has 2 aliphatic heterocycles. The van der Waals surface area contributed by atoms with Crippen LogP contribution in [0.15, 0.2) is 48.8 Å². The summed E-state index contributed by atoms with van der Waals surface area (Å²) in [5.74, 6) is -1.16. The number of pyridine rings is 1. The summed E-state index contributed by atoms with van der Waals surface area (Å²) < 4.78 is 27.5. The molecular formula is C30H36N4O6S. The molecule has 2 atom stereocenters. The van der Waals surface area contributed by atoms with Gasteiger partial charge in [-0.15, -0.1) is 0 Å². The number of aromatic nitrogens is 1. The van der Waals surface area contributed by atoms with Crippen LogP contribution in [0.4, 0.5) is 0 Å². The summed E-state index contributed by atoms with van der Waals surface area (Å²) in [6.45, 7) is 5.95. The van der Waals surface area contributed by atoms with E-state index in [0.717, 1.165) is 29.1 Å². The average molecular weight is 581 g/mol. The van der Waals surface area contributed by atoms with Gasteiger partial charge in [0.25, 0.3) is 21.0 Å². The summed E-state index contributed by atoms with van der Waals surface area (Å²) in [5.41, 5.74) is 0.179. The molecule has 0 spiro atoms. The Bertz CT molecular complexity index is 1460. The van der Waals surface area contributed by atoms with E-state index in [4.69, 9.17) is 0 Å². The lowest BCUT2D eigenvalue weighted by Crippen LogP contribution is -2.62. The molecule has 0 radical (unpaired) electrons. The maximum atomic E-state index is 14.2. The number of sulfonamides is 1.